The summed E-state index contributed by atoms with van der Waals surface area (Å²) in [5.74, 6) is 0. The zero-order valence-electron chi connectivity index (χ0n) is 7.79. The molecule has 1 aromatic heterocycles. The van der Waals surface area contributed by atoms with Crippen molar-refractivity contribution in [3.63, 3.8) is 0 Å². The highest BCUT2D eigenvalue weighted by molar-refractivity contribution is 5.19. The Morgan fingerprint density at radius 3 is 3.38 bits per heavy atom. The number of hydrogen-bond acceptors (Lipinski definition) is 2. The molecule has 3 heterocycles. The maximum Gasteiger partial charge on any atom is 0.0925 e. The van der Waals surface area contributed by atoms with Crippen molar-refractivity contribution in [1.29, 1.82) is 0 Å². The second-order valence-corrected chi connectivity index (χ2v) is 4.06. The first-order valence-corrected chi connectivity index (χ1v) is 5.21. The van der Waals surface area contributed by atoms with E-state index in [0.29, 0.717) is 6.04 Å². The fourth-order valence-electron chi connectivity index (χ4n) is 2.64. The molecule has 0 amide bonds. The van der Waals surface area contributed by atoms with Crippen LogP contribution in [0.2, 0.25) is 0 Å². The van der Waals surface area contributed by atoms with Crippen LogP contribution in [0.15, 0.2) is 6.33 Å². The largest absolute Gasteiger partial charge is 0.348 e. The summed E-state index contributed by atoms with van der Waals surface area (Å²) in [7, 11) is 0. The first-order chi connectivity index (χ1) is 6.45. The van der Waals surface area contributed by atoms with E-state index >= 15 is 0 Å². The topological polar surface area (TPSA) is 31.9 Å². The Kier molecular flexibility index (Phi) is 1.65. The van der Waals surface area contributed by atoms with Gasteiger partial charge in [0.25, 0.3) is 0 Å². The van der Waals surface area contributed by atoms with Gasteiger partial charge in [0.2, 0.25) is 0 Å². The van der Waals surface area contributed by atoms with Crippen LogP contribution in [0.4, 0.5) is 0 Å². The Bertz CT molecular complexity index is 305. The van der Waals surface area contributed by atoms with Crippen LogP contribution in [-0.4, -0.2) is 28.0 Å². The molecular formula is C10H15N3. The van der Waals surface area contributed by atoms with E-state index in [1.807, 2.05) is 6.33 Å². The van der Waals surface area contributed by atoms with Gasteiger partial charge in [0.15, 0.2) is 0 Å². The van der Waals surface area contributed by atoms with Crippen LogP contribution < -0.4 is 0 Å². The molecule has 2 aliphatic rings. The molecule has 1 N–H and O–H groups in total. The van der Waals surface area contributed by atoms with E-state index in [1.165, 1.54) is 43.7 Å². The number of piperidine rings is 1. The standard InChI is InChI=1S/C10H15N3/c1-2-5-13-6-4-8-10(9(13)3-1)12-7-11-8/h7,9H,1-6H2,(H,11,12). The third-order valence-electron chi connectivity index (χ3n) is 3.33. The van der Waals surface area contributed by atoms with Gasteiger partial charge in [0, 0.05) is 18.7 Å². The molecular weight excluding hydrogens is 162 g/mol. The fraction of sp³-hybridized carbons (Fsp3) is 0.700. The molecule has 13 heavy (non-hydrogen) atoms. The van der Waals surface area contributed by atoms with E-state index in [4.69, 9.17) is 0 Å². The van der Waals surface area contributed by atoms with E-state index < -0.39 is 0 Å². The van der Waals surface area contributed by atoms with Crippen LogP contribution in [0.3, 0.4) is 0 Å². The van der Waals surface area contributed by atoms with E-state index in [0.717, 1.165) is 6.42 Å². The first-order valence-electron chi connectivity index (χ1n) is 5.21. The summed E-state index contributed by atoms with van der Waals surface area (Å²) < 4.78 is 0. The van der Waals surface area contributed by atoms with E-state index in [2.05, 4.69) is 14.9 Å². The zero-order chi connectivity index (χ0) is 8.67. The van der Waals surface area contributed by atoms with Crippen molar-refractivity contribution in [2.24, 2.45) is 0 Å². The predicted molar refractivity (Wildman–Crippen MR) is 50.5 cm³/mol. The van der Waals surface area contributed by atoms with Gasteiger partial charge in [0.1, 0.15) is 0 Å². The van der Waals surface area contributed by atoms with Crippen molar-refractivity contribution >= 4 is 0 Å². The molecule has 0 spiro atoms. The Morgan fingerprint density at radius 1 is 1.38 bits per heavy atom. The predicted octanol–water partition coefficient (Wildman–Crippen LogP) is 1.49. The number of aromatic amines is 1. The lowest BCUT2D eigenvalue weighted by Gasteiger charge is -2.38. The maximum absolute atomic E-state index is 4.44. The Morgan fingerprint density at radius 2 is 2.38 bits per heavy atom. The molecule has 0 bridgehead atoms. The zero-order valence-corrected chi connectivity index (χ0v) is 7.79. The Balaban J connectivity index is 1.97. The fourth-order valence-corrected chi connectivity index (χ4v) is 2.64. The number of H-pyrrole nitrogens is 1. The number of hydrogen-bond donors (Lipinski definition) is 1. The second kappa shape index (κ2) is 2.84. The summed E-state index contributed by atoms with van der Waals surface area (Å²) in [6, 6.07) is 0.628. The number of fused-ring (bicyclic) bond motifs is 3. The smallest absolute Gasteiger partial charge is 0.0925 e. The van der Waals surface area contributed by atoms with Crippen molar-refractivity contribution in [3.8, 4) is 0 Å². The first kappa shape index (κ1) is 7.56. The molecule has 0 radical (unpaired) electrons. The number of rotatable bonds is 0. The molecule has 1 aromatic rings. The molecule has 1 saturated heterocycles. The Labute approximate surface area is 78.2 Å². The highest BCUT2D eigenvalue weighted by atomic mass is 15.2. The minimum absolute atomic E-state index is 0.628. The number of nitrogens with one attached hydrogen (secondary N) is 1. The average molecular weight is 177 g/mol. The summed E-state index contributed by atoms with van der Waals surface area (Å²) in [5, 5.41) is 0. The monoisotopic (exact) mass is 177 g/mol. The molecule has 70 valence electrons. The van der Waals surface area contributed by atoms with Gasteiger partial charge < -0.3 is 4.98 Å². The van der Waals surface area contributed by atoms with Crippen LogP contribution >= 0.6 is 0 Å². The van der Waals surface area contributed by atoms with Crippen LogP contribution in [0.25, 0.3) is 0 Å². The molecule has 3 nitrogen and oxygen atoms in total. The normalized spacial score (nSPS) is 28.2. The number of imidazole rings is 1. The lowest BCUT2D eigenvalue weighted by atomic mass is 9.94. The molecule has 3 heteroatoms. The van der Waals surface area contributed by atoms with Crippen molar-refractivity contribution in [3.05, 3.63) is 17.7 Å². The minimum atomic E-state index is 0.628. The van der Waals surface area contributed by atoms with Gasteiger partial charge in [-0.3, -0.25) is 4.90 Å². The highest BCUT2D eigenvalue weighted by Crippen LogP contribution is 2.34. The van der Waals surface area contributed by atoms with Gasteiger partial charge in [-0.15, -0.1) is 0 Å². The van der Waals surface area contributed by atoms with Gasteiger partial charge >= 0.3 is 0 Å². The summed E-state index contributed by atoms with van der Waals surface area (Å²) in [4.78, 5) is 10.3. The second-order valence-electron chi connectivity index (χ2n) is 4.06. The van der Waals surface area contributed by atoms with E-state index in [1.54, 1.807) is 0 Å². The SMILES string of the molecule is c1nc2c([nH]1)CCN1CCCCC21. The molecule has 0 aromatic carbocycles. The lowest BCUT2D eigenvalue weighted by molar-refractivity contribution is 0.135. The summed E-state index contributed by atoms with van der Waals surface area (Å²) >= 11 is 0. The van der Waals surface area contributed by atoms with Gasteiger partial charge in [-0.1, -0.05) is 6.42 Å². The molecule has 0 saturated carbocycles. The number of aromatic nitrogens is 2. The van der Waals surface area contributed by atoms with E-state index in [-0.39, 0.29) is 0 Å². The highest BCUT2D eigenvalue weighted by Gasteiger charge is 2.30. The minimum Gasteiger partial charge on any atom is -0.348 e. The van der Waals surface area contributed by atoms with Crippen LogP contribution in [0.1, 0.15) is 36.7 Å². The molecule has 1 atom stereocenters. The third kappa shape index (κ3) is 1.10. The summed E-state index contributed by atoms with van der Waals surface area (Å²) in [6.07, 6.45) is 7.05. The third-order valence-corrected chi connectivity index (χ3v) is 3.33. The quantitative estimate of drug-likeness (QED) is 0.651. The molecule has 1 unspecified atom stereocenters. The maximum atomic E-state index is 4.44. The van der Waals surface area contributed by atoms with Gasteiger partial charge in [-0.05, 0) is 19.4 Å². The number of nitrogens with zero attached hydrogens (tertiary/aromatic N) is 2. The molecule has 2 aliphatic heterocycles. The molecule has 3 rings (SSSR count). The average Bonchev–Trinajstić information content (AvgIpc) is 2.65. The molecule has 0 aliphatic carbocycles. The summed E-state index contributed by atoms with van der Waals surface area (Å²) in [6.45, 7) is 2.50. The van der Waals surface area contributed by atoms with Crippen molar-refractivity contribution in [2.45, 2.75) is 31.7 Å². The Hall–Kier alpha value is -0.830. The summed E-state index contributed by atoms with van der Waals surface area (Å²) in [5.41, 5.74) is 2.70. The lowest BCUT2D eigenvalue weighted by Crippen LogP contribution is -2.38. The van der Waals surface area contributed by atoms with Crippen LogP contribution in [0.5, 0.6) is 0 Å². The van der Waals surface area contributed by atoms with Crippen molar-refractivity contribution < 1.29 is 0 Å². The van der Waals surface area contributed by atoms with Gasteiger partial charge in [-0.25, -0.2) is 4.98 Å². The van der Waals surface area contributed by atoms with E-state index in [9.17, 15) is 0 Å². The van der Waals surface area contributed by atoms with Crippen LogP contribution in [0, 0.1) is 0 Å². The van der Waals surface area contributed by atoms with Gasteiger partial charge in [-0.2, -0.15) is 0 Å². The molecule has 1 fully saturated rings. The van der Waals surface area contributed by atoms with Crippen molar-refractivity contribution in [1.82, 2.24) is 14.9 Å². The van der Waals surface area contributed by atoms with Gasteiger partial charge in [0.05, 0.1) is 18.1 Å². The van der Waals surface area contributed by atoms with Crippen LogP contribution in [-0.2, 0) is 6.42 Å². The van der Waals surface area contributed by atoms with Crippen molar-refractivity contribution in [2.75, 3.05) is 13.1 Å².